The minimum absolute atomic E-state index is 0.0472. The van der Waals surface area contributed by atoms with E-state index in [-0.39, 0.29) is 16.9 Å². The van der Waals surface area contributed by atoms with Gasteiger partial charge in [-0.15, -0.1) is 5.10 Å². The van der Waals surface area contributed by atoms with E-state index in [1.807, 2.05) is 23.2 Å². The Hall–Kier alpha value is -2.38. The number of fused-ring (bicyclic) bond motifs is 1. The summed E-state index contributed by atoms with van der Waals surface area (Å²) in [5, 5.41) is 29.5. The first-order chi connectivity index (χ1) is 11.7. The summed E-state index contributed by atoms with van der Waals surface area (Å²) >= 11 is 3.17. The van der Waals surface area contributed by atoms with E-state index in [1.165, 1.54) is 11.8 Å². The molecule has 0 bridgehead atoms. The van der Waals surface area contributed by atoms with Gasteiger partial charge < -0.3 is 10.2 Å². The number of phenolic OH excluding ortho intramolecular Hbond substituents is 2. The van der Waals surface area contributed by atoms with Crippen LogP contribution in [0.25, 0.3) is 0 Å². The van der Waals surface area contributed by atoms with Gasteiger partial charge in [-0.3, -0.25) is 0 Å². The summed E-state index contributed by atoms with van der Waals surface area (Å²) in [6.45, 7) is 0. The number of aromatic hydroxyl groups is 2. The third-order valence-electron chi connectivity index (χ3n) is 3.56. The number of nitrogens with zero attached hydrogens (tertiary/aromatic N) is 3. The Balaban J connectivity index is 1.54. The molecule has 4 rings (SSSR count). The number of hydrogen-bond donors (Lipinski definition) is 2. The van der Waals surface area contributed by atoms with Crippen LogP contribution in [-0.4, -0.2) is 26.6 Å². The van der Waals surface area contributed by atoms with Crippen LogP contribution in [0.15, 0.2) is 69.1 Å². The zero-order valence-corrected chi connectivity index (χ0v) is 14.0. The number of benzene rings is 2. The normalized spacial score (nSPS) is 19.5. The SMILES string of the molecule is Oc1ccc(C2SC=C3SC(/N=C\c4ccccc4O)=NN32)cc1. The Bertz CT molecular complexity index is 862. The Kier molecular flexibility index (Phi) is 3.95. The molecule has 0 amide bonds. The summed E-state index contributed by atoms with van der Waals surface area (Å²) in [6, 6.07) is 14.2. The highest BCUT2D eigenvalue weighted by atomic mass is 32.2. The highest BCUT2D eigenvalue weighted by molar-refractivity contribution is 8.18. The minimum Gasteiger partial charge on any atom is -0.508 e. The van der Waals surface area contributed by atoms with Crippen LogP contribution in [0, 0.1) is 0 Å². The van der Waals surface area contributed by atoms with Gasteiger partial charge in [-0.25, -0.2) is 10.0 Å². The molecule has 0 aromatic heterocycles. The van der Waals surface area contributed by atoms with Crippen molar-refractivity contribution in [3.63, 3.8) is 0 Å². The van der Waals surface area contributed by atoms with Crippen molar-refractivity contribution in [2.45, 2.75) is 5.37 Å². The predicted molar refractivity (Wildman–Crippen MR) is 99.1 cm³/mol. The molecule has 120 valence electrons. The van der Waals surface area contributed by atoms with Crippen LogP contribution in [0.1, 0.15) is 16.5 Å². The van der Waals surface area contributed by atoms with Gasteiger partial charge in [0, 0.05) is 17.2 Å². The molecule has 2 N–H and O–H groups in total. The quantitative estimate of drug-likeness (QED) is 0.795. The monoisotopic (exact) mass is 355 g/mol. The van der Waals surface area contributed by atoms with Crippen molar-refractivity contribution in [1.82, 2.24) is 5.01 Å². The number of aliphatic imine (C=N–C) groups is 1. The lowest BCUT2D eigenvalue weighted by Crippen LogP contribution is -2.12. The van der Waals surface area contributed by atoms with Gasteiger partial charge in [0.2, 0.25) is 5.17 Å². The van der Waals surface area contributed by atoms with Crippen molar-refractivity contribution in [3.05, 3.63) is 70.1 Å². The molecule has 1 unspecified atom stereocenters. The van der Waals surface area contributed by atoms with Gasteiger partial charge in [0.25, 0.3) is 0 Å². The van der Waals surface area contributed by atoms with E-state index in [1.54, 1.807) is 48.3 Å². The first-order valence-corrected chi connectivity index (χ1v) is 8.99. The molecule has 24 heavy (non-hydrogen) atoms. The molecule has 0 saturated heterocycles. The average molecular weight is 355 g/mol. The Labute approximate surface area is 147 Å². The number of hydrazone groups is 1. The van der Waals surface area contributed by atoms with Crippen molar-refractivity contribution in [2.24, 2.45) is 10.1 Å². The molecule has 0 saturated carbocycles. The van der Waals surface area contributed by atoms with Gasteiger partial charge in [0.05, 0.1) is 0 Å². The van der Waals surface area contributed by atoms with E-state index in [9.17, 15) is 10.2 Å². The second-order valence-corrected chi connectivity index (χ2v) is 7.12. The lowest BCUT2D eigenvalue weighted by molar-refractivity contribution is 0.386. The zero-order valence-electron chi connectivity index (χ0n) is 12.4. The van der Waals surface area contributed by atoms with Crippen LogP contribution in [0.2, 0.25) is 0 Å². The second kappa shape index (κ2) is 6.26. The van der Waals surface area contributed by atoms with Crippen LogP contribution < -0.4 is 0 Å². The molecule has 2 aromatic rings. The van der Waals surface area contributed by atoms with E-state index < -0.39 is 0 Å². The molecule has 0 radical (unpaired) electrons. The van der Waals surface area contributed by atoms with Gasteiger partial charge in [0.15, 0.2) is 0 Å². The van der Waals surface area contributed by atoms with Crippen molar-refractivity contribution in [2.75, 3.05) is 0 Å². The van der Waals surface area contributed by atoms with Crippen molar-refractivity contribution in [3.8, 4) is 11.5 Å². The van der Waals surface area contributed by atoms with Gasteiger partial charge >= 0.3 is 0 Å². The Morgan fingerprint density at radius 1 is 1.08 bits per heavy atom. The van der Waals surface area contributed by atoms with E-state index in [0.717, 1.165) is 10.6 Å². The summed E-state index contributed by atoms with van der Waals surface area (Å²) in [6.07, 6.45) is 1.62. The fourth-order valence-electron chi connectivity index (χ4n) is 2.36. The maximum Gasteiger partial charge on any atom is 0.213 e. The number of thioether (sulfide) groups is 2. The molecule has 2 aliphatic heterocycles. The van der Waals surface area contributed by atoms with E-state index in [2.05, 4.69) is 15.5 Å². The van der Waals surface area contributed by atoms with Gasteiger partial charge in [-0.2, -0.15) is 0 Å². The van der Waals surface area contributed by atoms with Gasteiger partial charge in [-0.05, 0) is 41.6 Å². The topological polar surface area (TPSA) is 68.4 Å². The zero-order chi connectivity index (χ0) is 16.5. The number of rotatable bonds is 2. The van der Waals surface area contributed by atoms with Gasteiger partial charge in [0.1, 0.15) is 21.9 Å². The van der Waals surface area contributed by atoms with Gasteiger partial charge in [-0.1, -0.05) is 36.0 Å². The van der Waals surface area contributed by atoms with E-state index in [0.29, 0.717) is 10.7 Å². The van der Waals surface area contributed by atoms with Crippen molar-refractivity contribution >= 4 is 34.9 Å². The molecule has 0 fully saturated rings. The molecular weight excluding hydrogens is 342 g/mol. The second-order valence-electron chi connectivity index (χ2n) is 5.18. The van der Waals surface area contributed by atoms with E-state index in [4.69, 9.17) is 0 Å². The molecule has 7 heteroatoms. The third kappa shape index (κ3) is 2.88. The number of hydrogen-bond acceptors (Lipinski definition) is 7. The minimum atomic E-state index is 0.0472. The summed E-state index contributed by atoms with van der Waals surface area (Å²) in [4.78, 5) is 4.38. The lowest BCUT2D eigenvalue weighted by atomic mass is 10.2. The van der Waals surface area contributed by atoms with Crippen LogP contribution in [0.3, 0.4) is 0 Å². The fraction of sp³-hybridized carbons (Fsp3) is 0.0588. The average Bonchev–Trinajstić information content (AvgIpc) is 3.15. The van der Waals surface area contributed by atoms with Crippen LogP contribution in [0.4, 0.5) is 0 Å². The summed E-state index contributed by atoms with van der Waals surface area (Å²) in [5.74, 6) is 0.448. The predicted octanol–water partition coefficient (Wildman–Crippen LogP) is 4.08. The highest BCUT2D eigenvalue weighted by Crippen LogP contribution is 2.50. The summed E-state index contributed by atoms with van der Waals surface area (Å²) in [5.41, 5.74) is 1.73. The lowest BCUT2D eigenvalue weighted by Gasteiger charge is -2.19. The standard InChI is InChI=1S/C17H13N3O2S2/c21-13-7-5-11(6-8-13)16-20-15(10-23-16)24-17(19-20)18-9-12-3-1-2-4-14(12)22/h1-10,16,21-22H/b18-9-. The number of amidine groups is 1. The Morgan fingerprint density at radius 3 is 2.67 bits per heavy atom. The maximum atomic E-state index is 9.78. The van der Waals surface area contributed by atoms with Crippen LogP contribution in [-0.2, 0) is 0 Å². The molecule has 5 nitrogen and oxygen atoms in total. The van der Waals surface area contributed by atoms with Crippen LogP contribution in [0.5, 0.6) is 11.5 Å². The molecule has 2 heterocycles. The largest absolute Gasteiger partial charge is 0.508 e. The number of phenols is 2. The molecule has 0 spiro atoms. The molecule has 2 aromatic carbocycles. The fourth-order valence-corrected chi connectivity index (χ4v) is 4.39. The summed E-state index contributed by atoms with van der Waals surface area (Å²) in [7, 11) is 0. The molecule has 1 atom stereocenters. The first kappa shape index (κ1) is 15.2. The number of para-hydroxylation sites is 1. The Morgan fingerprint density at radius 2 is 1.88 bits per heavy atom. The third-order valence-corrected chi connectivity index (χ3v) is 5.69. The molecule has 2 aliphatic rings. The van der Waals surface area contributed by atoms with Crippen molar-refractivity contribution < 1.29 is 10.2 Å². The van der Waals surface area contributed by atoms with Crippen LogP contribution >= 0.6 is 23.5 Å². The maximum absolute atomic E-state index is 9.78. The smallest absolute Gasteiger partial charge is 0.213 e. The molecule has 0 aliphatic carbocycles. The van der Waals surface area contributed by atoms with Crippen molar-refractivity contribution in [1.29, 1.82) is 0 Å². The highest BCUT2D eigenvalue weighted by Gasteiger charge is 2.34. The van der Waals surface area contributed by atoms with E-state index >= 15 is 0 Å². The molecular formula is C17H13N3O2S2. The summed E-state index contributed by atoms with van der Waals surface area (Å²) < 4.78 is 0. The first-order valence-electron chi connectivity index (χ1n) is 7.23.